The highest BCUT2D eigenvalue weighted by Gasteiger charge is 2.31. The Balaban J connectivity index is 2.10. The van der Waals surface area contributed by atoms with Crippen LogP contribution < -0.4 is 10.9 Å². The van der Waals surface area contributed by atoms with Gasteiger partial charge in [0.05, 0.1) is 7.11 Å². The summed E-state index contributed by atoms with van der Waals surface area (Å²) < 4.78 is 6.39. The van der Waals surface area contributed by atoms with Crippen LogP contribution in [-0.2, 0) is 11.3 Å². The van der Waals surface area contributed by atoms with Crippen molar-refractivity contribution in [3.63, 3.8) is 0 Å². The molecule has 0 aromatic carbocycles. The summed E-state index contributed by atoms with van der Waals surface area (Å²) >= 11 is 0. The minimum Gasteiger partial charge on any atom is -0.465 e. The number of methoxy groups -OCH3 is 1. The molecule has 3 heterocycles. The molecule has 5 heteroatoms. The first kappa shape index (κ1) is 11.5. The van der Waals surface area contributed by atoms with Gasteiger partial charge in [0.25, 0.3) is 5.56 Å². The van der Waals surface area contributed by atoms with Crippen LogP contribution in [0.5, 0.6) is 0 Å². The van der Waals surface area contributed by atoms with Gasteiger partial charge in [0.1, 0.15) is 5.56 Å². The summed E-state index contributed by atoms with van der Waals surface area (Å²) in [5.74, 6) is 0.322. The number of nitrogens with one attached hydrogen (secondary N) is 1. The van der Waals surface area contributed by atoms with Gasteiger partial charge in [-0.05, 0) is 31.0 Å². The summed E-state index contributed by atoms with van der Waals surface area (Å²) in [6.45, 7) is 2.56. The lowest BCUT2D eigenvalue weighted by molar-refractivity contribution is 0.0597. The molecular formula is C13H16N2O3. The van der Waals surface area contributed by atoms with Gasteiger partial charge in [0, 0.05) is 24.7 Å². The van der Waals surface area contributed by atoms with Crippen LogP contribution in [0.3, 0.4) is 0 Å². The highest BCUT2D eigenvalue weighted by Crippen LogP contribution is 2.31. The van der Waals surface area contributed by atoms with E-state index >= 15 is 0 Å². The molecule has 5 nitrogen and oxygen atoms in total. The Morgan fingerprint density at radius 1 is 1.44 bits per heavy atom. The molecular weight excluding hydrogens is 232 g/mol. The minimum atomic E-state index is -0.552. The van der Waals surface area contributed by atoms with Crippen molar-refractivity contribution in [1.82, 2.24) is 9.88 Å². The second kappa shape index (κ2) is 4.24. The van der Waals surface area contributed by atoms with Crippen LogP contribution in [0.15, 0.2) is 16.9 Å². The van der Waals surface area contributed by atoms with Gasteiger partial charge < -0.3 is 14.6 Å². The maximum Gasteiger partial charge on any atom is 0.343 e. The Labute approximate surface area is 105 Å². The average Bonchev–Trinajstić information content (AvgIpc) is 2.40. The number of carbonyl (C=O) groups excluding carboxylic acids is 1. The van der Waals surface area contributed by atoms with Crippen molar-refractivity contribution >= 4 is 5.97 Å². The smallest absolute Gasteiger partial charge is 0.343 e. The first-order valence-corrected chi connectivity index (χ1v) is 6.23. The summed E-state index contributed by atoms with van der Waals surface area (Å²) in [5, 5.41) is 3.39. The van der Waals surface area contributed by atoms with Gasteiger partial charge >= 0.3 is 5.97 Å². The van der Waals surface area contributed by atoms with Gasteiger partial charge in [-0.15, -0.1) is 0 Å². The minimum absolute atomic E-state index is 0.134. The Bertz CT molecular complexity index is 550. The Morgan fingerprint density at radius 2 is 2.28 bits per heavy atom. The predicted octanol–water partition coefficient (Wildman–Crippen LogP) is 0.342. The highest BCUT2D eigenvalue weighted by molar-refractivity contribution is 5.88. The van der Waals surface area contributed by atoms with E-state index in [0.717, 1.165) is 25.2 Å². The zero-order valence-corrected chi connectivity index (χ0v) is 10.3. The lowest BCUT2D eigenvalue weighted by atomic mass is 9.84. The topological polar surface area (TPSA) is 60.3 Å². The van der Waals surface area contributed by atoms with Gasteiger partial charge in [0.2, 0.25) is 0 Å². The summed E-state index contributed by atoms with van der Waals surface area (Å²) in [6.07, 6.45) is 1.13. The first-order valence-electron chi connectivity index (χ1n) is 6.23. The third-order valence-electron chi connectivity index (χ3n) is 3.91. The van der Waals surface area contributed by atoms with E-state index in [9.17, 15) is 9.59 Å². The molecule has 2 unspecified atom stereocenters. The zero-order chi connectivity index (χ0) is 12.7. The van der Waals surface area contributed by atoms with Crippen LogP contribution in [0.25, 0.3) is 0 Å². The van der Waals surface area contributed by atoms with Gasteiger partial charge in [-0.25, -0.2) is 4.79 Å². The average molecular weight is 248 g/mol. The number of esters is 1. The molecule has 2 aliphatic heterocycles. The molecule has 1 N–H and O–H groups in total. The first-order chi connectivity index (χ1) is 8.70. The van der Waals surface area contributed by atoms with Gasteiger partial charge in [-0.1, -0.05) is 0 Å². The fourth-order valence-corrected chi connectivity index (χ4v) is 3.06. The Kier molecular flexibility index (Phi) is 2.70. The lowest BCUT2D eigenvalue weighted by Crippen LogP contribution is -2.45. The maximum absolute atomic E-state index is 12.3. The highest BCUT2D eigenvalue weighted by atomic mass is 16.5. The zero-order valence-electron chi connectivity index (χ0n) is 10.3. The molecule has 0 spiro atoms. The number of pyridine rings is 1. The summed E-state index contributed by atoms with van der Waals surface area (Å²) in [6, 6.07) is 3.48. The van der Waals surface area contributed by atoms with Gasteiger partial charge in [-0.3, -0.25) is 4.79 Å². The van der Waals surface area contributed by atoms with E-state index in [1.54, 1.807) is 10.6 Å². The lowest BCUT2D eigenvalue weighted by Gasteiger charge is -2.37. The number of ether oxygens (including phenoxy) is 1. The number of piperidine rings is 1. The van der Waals surface area contributed by atoms with E-state index in [0.29, 0.717) is 18.4 Å². The summed E-state index contributed by atoms with van der Waals surface area (Å²) in [7, 11) is 1.30. The van der Waals surface area contributed by atoms with E-state index in [2.05, 4.69) is 10.1 Å². The predicted molar refractivity (Wildman–Crippen MR) is 65.8 cm³/mol. The molecule has 1 saturated heterocycles. The molecule has 0 amide bonds. The number of rotatable bonds is 1. The molecule has 0 aliphatic carbocycles. The summed E-state index contributed by atoms with van der Waals surface area (Å²) in [4.78, 5) is 23.8. The van der Waals surface area contributed by atoms with Crippen LogP contribution in [0.2, 0.25) is 0 Å². The molecule has 2 aliphatic rings. The molecule has 0 radical (unpaired) electrons. The van der Waals surface area contributed by atoms with E-state index < -0.39 is 5.97 Å². The normalized spacial score (nSPS) is 25.4. The second-order valence-electron chi connectivity index (χ2n) is 5.04. The molecule has 96 valence electrons. The molecule has 0 saturated carbocycles. The van der Waals surface area contributed by atoms with Crippen LogP contribution in [0.1, 0.15) is 28.4 Å². The fourth-order valence-electron chi connectivity index (χ4n) is 3.06. The molecule has 18 heavy (non-hydrogen) atoms. The van der Waals surface area contributed by atoms with E-state index in [-0.39, 0.29) is 11.1 Å². The van der Waals surface area contributed by atoms with Gasteiger partial charge in [0.15, 0.2) is 0 Å². The number of carbonyl (C=O) groups is 1. The van der Waals surface area contributed by atoms with Crippen molar-refractivity contribution in [2.24, 2.45) is 5.92 Å². The van der Waals surface area contributed by atoms with Crippen LogP contribution in [0.4, 0.5) is 0 Å². The SMILES string of the molecule is COC(=O)c1ccc2n(c1=O)CC1CNCC2C1. The van der Waals surface area contributed by atoms with Crippen LogP contribution in [0, 0.1) is 5.92 Å². The standard InChI is InChI=1S/C13H16N2O3/c1-18-13(17)10-2-3-11-9-4-8(5-14-6-9)7-15(11)12(10)16/h2-3,8-9,14H,4-7H2,1H3. The second-order valence-corrected chi connectivity index (χ2v) is 5.04. The number of aromatic nitrogens is 1. The molecule has 2 bridgehead atoms. The number of fused-ring (bicyclic) bond motifs is 4. The van der Waals surface area contributed by atoms with Crippen molar-refractivity contribution in [3.8, 4) is 0 Å². The number of hydrogen-bond acceptors (Lipinski definition) is 4. The third kappa shape index (κ3) is 1.66. The summed E-state index contributed by atoms with van der Waals surface area (Å²) in [5.41, 5.74) is 0.959. The van der Waals surface area contributed by atoms with E-state index in [1.807, 2.05) is 6.07 Å². The fraction of sp³-hybridized carbons (Fsp3) is 0.538. The third-order valence-corrected chi connectivity index (χ3v) is 3.91. The van der Waals surface area contributed by atoms with Crippen LogP contribution >= 0.6 is 0 Å². The largest absolute Gasteiger partial charge is 0.465 e. The maximum atomic E-state index is 12.3. The van der Waals surface area contributed by atoms with Crippen molar-refractivity contribution < 1.29 is 9.53 Å². The molecule has 1 aromatic heterocycles. The van der Waals surface area contributed by atoms with Crippen molar-refractivity contribution in [1.29, 1.82) is 0 Å². The Hall–Kier alpha value is -1.62. The number of nitrogens with zero attached hydrogens (tertiary/aromatic N) is 1. The van der Waals surface area contributed by atoms with Crippen molar-refractivity contribution in [2.75, 3.05) is 20.2 Å². The molecule has 1 aromatic rings. The Morgan fingerprint density at radius 3 is 3.06 bits per heavy atom. The molecule has 3 rings (SSSR count). The molecule has 2 atom stereocenters. The van der Waals surface area contributed by atoms with Crippen molar-refractivity contribution in [3.05, 3.63) is 33.7 Å². The molecule has 1 fully saturated rings. The number of hydrogen-bond donors (Lipinski definition) is 1. The monoisotopic (exact) mass is 248 g/mol. The van der Waals surface area contributed by atoms with Crippen molar-refractivity contribution in [2.45, 2.75) is 18.9 Å². The van der Waals surface area contributed by atoms with E-state index in [4.69, 9.17) is 0 Å². The quantitative estimate of drug-likeness (QED) is 0.728. The van der Waals surface area contributed by atoms with E-state index in [1.165, 1.54) is 7.11 Å². The van der Waals surface area contributed by atoms with Crippen LogP contribution in [-0.4, -0.2) is 30.7 Å². The van der Waals surface area contributed by atoms with Gasteiger partial charge in [-0.2, -0.15) is 0 Å².